The van der Waals surface area contributed by atoms with Gasteiger partial charge in [0.2, 0.25) is 11.8 Å². The van der Waals surface area contributed by atoms with E-state index in [1.807, 2.05) is 39.4 Å². The molecule has 6 nitrogen and oxygen atoms in total. The van der Waals surface area contributed by atoms with Crippen LogP contribution in [0.25, 0.3) is 0 Å². The first-order chi connectivity index (χ1) is 15.4. The number of fused-ring (bicyclic) bond motifs is 1. The predicted molar refractivity (Wildman–Crippen MR) is 129 cm³/mol. The number of amides is 2. The van der Waals surface area contributed by atoms with Crippen molar-refractivity contribution < 1.29 is 14.7 Å². The molecule has 0 radical (unpaired) electrons. The van der Waals surface area contributed by atoms with E-state index in [2.05, 4.69) is 24.5 Å². The fraction of sp³-hybridized carbons (Fsp3) is 0.520. The number of carbonyl (C=O) groups is 2. The Morgan fingerprint density at radius 3 is 2.75 bits per heavy atom. The van der Waals surface area contributed by atoms with Gasteiger partial charge in [0, 0.05) is 13.0 Å². The van der Waals surface area contributed by atoms with E-state index in [-0.39, 0.29) is 11.8 Å². The van der Waals surface area contributed by atoms with Crippen LogP contribution < -0.4 is 15.1 Å². The van der Waals surface area contributed by atoms with Crippen molar-refractivity contribution >= 4 is 34.5 Å². The van der Waals surface area contributed by atoms with Gasteiger partial charge >= 0.3 is 0 Å². The van der Waals surface area contributed by atoms with Crippen molar-refractivity contribution in [3.63, 3.8) is 0 Å². The van der Waals surface area contributed by atoms with Crippen LogP contribution in [-0.4, -0.2) is 35.7 Å². The molecule has 172 valence electrons. The fourth-order valence-corrected chi connectivity index (χ4v) is 5.26. The van der Waals surface area contributed by atoms with E-state index in [9.17, 15) is 14.7 Å². The van der Waals surface area contributed by atoms with Crippen molar-refractivity contribution in [3.8, 4) is 0 Å². The zero-order valence-corrected chi connectivity index (χ0v) is 19.7. The van der Waals surface area contributed by atoms with E-state index in [1.54, 1.807) is 11.3 Å². The molecule has 2 unspecified atom stereocenters. The molecule has 2 atom stereocenters. The number of hydrogen-bond acceptors (Lipinski definition) is 5. The molecule has 0 spiro atoms. The minimum absolute atomic E-state index is 0.0517. The number of aliphatic hydroxyl groups is 1. The molecule has 3 heterocycles. The Kier molecular flexibility index (Phi) is 7.28. The number of piperidine rings is 1. The summed E-state index contributed by atoms with van der Waals surface area (Å²) < 4.78 is 0. The first kappa shape index (κ1) is 23.0. The molecule has 1 saturated heterocycles. The van der Waals surface area contributed by atoms with Gasteiger partial charge in [0.15, 0.2) is 0 Å². The molecule has 2 amide bonds. The third-order valence-corrected chi connectivity index (χ3v) is 7.03. The summed E-state index contributed by atoms with van der Waals surface area (Å²) in [4.78, 5) is 30.0. The van der Waals surface area contributed by atoms with Crippen molar-refractivity contribution in [2.45, 2.75) is 71.2 Å². The Morgan fingerprint density at radius 2 is 2.03 bits per heavy atom. The lowest BCUT2D eigenvalue weighted by molar-refractivity contribution is -0.122. The number of para-hydroxylation sites is 1. The number of nitrogens with zero attached hydrogens (tertiary/aromatic N) is 2. The molecule has 32 heavy (non-hydrogen) atoms. The molecule has 0 aliphatic carbocycles. The van der Waals surface area contributed by atoms with Gasteiger partial charge in [-0.2, -0.15) is 11.3 Å². The van der Waals surface area contributed by atoms with E-state index < -0.39 is 12.3 Å². The van der Waals surface area contributed by atoms with Crippen LogP contribution in [0.4, 0.5) is 11.4 Å². The molecule has 2 aliphatic rings. The molecule has 1 fully saturated rings. The van der Waals surface area contributed by atoms with Crippen LogP contribution in [0.2, 0.25) is 0 Å². The number of carbonyl (C=O) groups excluding carboxylic acids is 2. The lowest BCUT2D eigenvalue weighted by atomic mass is 9.94. The van der Waals surface area contributed by atoms with Gasteiger partial charge in [0.05, 0.1) is 24.0 Å². The SMILES string of the molecule is CC(C)CCC(O)NC1Cc2cccc(N3CCCCC3=O)c2N(Cc2ccsc2)C1=O. The van der Waals surface area contributed by atoms with E-state index in [0.29, 0.717) is 38.3 Å². The van der Waals surface area contributed by atoms with Crippen LogP contribution in [0.3, 0.4) is 0 Å². The van der Waals surface area contributed by atoms with Crippen LogP contribution in [0.1, 0.15) is 57.1 Å². The third-order valence-electron chi connectivity index (χ3n) is 6.30. The predicted octanol–water partition coefficient (Wildman–Crippen LogP) is 4.07. The standard InChI is InChI=1S/C25H33N3O3S/c1-17(2)9-10-22(29)26-20-14-19-6-5-7-21(27-12-4-3-8-23(27)30)24(19)28(25(20)31)15-18-11-13-32-16-18/h5-7,11,13,16-17,20,22,26,29H,3-4,8-10,12,14-15H2,1-2H3. The highest BCUT2D eigenvalue weighted by Gasteiger charge is 2.37. The van der Waals surface area contributed by atoms with E-state index in [4.69, 9.17) is 0 Å². The number of nitrogens with one attached hydrogen (secondary N) is 1. The van der Waals surface area contributed by atoms with Gasteiger partial charge in [-0.1, -0.05) is 26.0 Å². The summed E-state index contributed by atoms with van der Waals surface area (Å²) in [5, 5.41) is 17.7. The molecule has 0 bridgehead atoms. The second kappa shape index (κ2) is 10.1. The van der Waals surface area contributed by atoms with Gasteiger partial charge in [-0.05, 0) is 72.0 Å². The summed E-state index contributed by atoms with van der Waals surface area (Å²) in [5.41, 5.74) is 3.77. The smallest absolute Gasteiger partial charge is 0.244 e. The normalized spacial score (nSPS) is 20.1. The van der Waals surface area contributed by atoms with Gasteiger partial charge in [-0.3, -0.25) is 14.9 Å². The molecular formula is C25H33N3O3S. The highest BCUT2D eigenvalue weighted by molar-refractivity contribution is 7.07. The number of thiophene rings is 1. The van der Waals surface area contributed by atoms with Crippen molar-refractivity contribution in [2.75, 3.05) is 16.3 Å². The van der Waals surface area contributed by atoms with Crippen LogP contribution in [0, 0.1) is 5.92 Å². The van der Waals surface area contributed by atoms with Crippen molar-refractivity contribution in [3.05, 3.63) is 46.2 Å². The fourth-order valence-electron chi connectivity index (χ4n) is 4.60. The second-order valence-corrected chi connectivity index (χ2v) is 10.0. The monoisotopic (exact) mass is 455 g/mol. The van der Waals surface area contributed by atoms with Crippen molar-refractivity contribution in [1.29, 1.82) is 0 Å². The second-order valence-electron chi connectivity index (χ2n) is 9.25. The summed E-state index contributed by atoms with van der Waals surface area (Å²) in [6.07, 6.45) is 3.73. The Balaban J connectivity index is 1.66. The Labute approximate surface area is 194 Å². The topological polar surface area (TPSA) is 72.9 Å². The van der Waals surface area contributed by atoms with Gasteiger partial charge in [0.1, 0.15) is 6.23 Å². The number of benzene rings is 1. The number of anilines is 2. The molecule has 7 heteroatoms. The van der Waals surface area contributed by atoms with E-state index >= 15 is 0 Å². The zero-order chi connectivity index (χ0) is 22.7. The quantitative estimate of drug-likeness (QED) is 0.589. The number of hydrogen-bond donors (Lipinski definition) is 2. The average Bonchev–Trinajstić information content (AvgIpc) is 3.28. The maximum atomic E-state index is 13.7. The van der Waals surface area contributed by atoms with Crippen LogP contribution >= 0.6 is 11.3 Å². The van der Waals surface area contributed by atoms with E-state index in [1.165, 1.54) is 0 Å². The van der Waals surface area contributed by atoms with Crippen molar-refractivity contribution in [2.24, 2.45) is 5.92 Å². The minimum Gasteiger partial charge on any atom is -0.379 e. The molecule has 0 saturated carbocycles. The van der Waals surface area contributed by atoms with Gasteiger partial charge in [-0.25, -0.2) is 0 Å². The van der Waals surface area contributed by atoms with Gasteiger partial charge in [0.25, 0.3) is 0 Å². The third kappa shape index (κ3) is 5.05. The van der Waals surface area contributed by atoms with Crippen LogP contribution in [0.15, 0.2) is 35.0 Å². The number of rotatable bonds is 8. The summed E-state index contributed by atoms with van der Waals surface area (Å²) in [6, 6.07) is 7.51. The van der Waals surface area contributed by atoms with Crippen molar-refractivity contribution in [1.82, 2.24) is 5.32 Å². The first-order valence-corrected chi connectivity index (χ1v) is 12.6. The lowest BCUT2D eigenvalue weighted by Gasteiger charge is -2.39. The summed E-state index contributed by atoms with van der Waals surface area (Å²) in [7, 11) is 0. The van der Waals surface area contributed by atoms with Crippen LogP contribution in [-0.2, 0) is 22.6 Å². The van der Waals surface area contributed by atoms with Crippen LogP contribution in [0.5, 0.6) is 0 Å². The van der Waals surface area contributed by atoms with Gasteiger partial charge in [-0.15, -0.1) is 0 Å². The highest BCUT2D eigenvalue weighted by atomic mass is 32.1. The first-order valence-electron chi connectivity index (χ1n) is 11.6. The van der Waals surface area contributed by atoms with E-state index in [0.717, 1.165) is 41.8 Å². The molecule has 2 aromatic rings. The average molecular weight is 456 g/mol. The molecule has 4 rings (SSSR count). The molecular weight excluding hydrogens is 422 g/mol. The maximum Gasteiger partial charge on any atom is 0.244 e. The summed E-state index contributed by atoms with van der Waals surface area (Å²) in [6.45, 7) is 5.39. The lowest BCUT2D eigenvalue weighted by Crippen LogP contribution is -2.54. The minimum atomic E-state index is -0.720. The number of aliphatic hydroxyl groups excluding tert-OH is 1. The maximum absolute atomic E-state index is 13.7. The Morgan fingerprint density at radius 1 is 1.19 bits per heavy atom. The Hall–Kier alpha value is -2.22. The molecule has 1 aromatic carbocycles. The van der Waals surface area contributed by atoms with Gasteiger partial charge < -0.3 is 14.9 Å². The molecule has 2 N–H and O–H groups in total. The summed E-state index contributed by atoms with van der Waals surface area (Å²) >= 11 is 1.61. The molecule has 1 aromatic heterocycles. The zero-order valence-electron chi connectivity index (χ0n) is 18.9. The summed E-state index contributed by atoms with van der Waals surface area (Å²) in [5.74, 6) is 0.565. The molecule has 2 aliphatic heterocycles. The highest BCUT2D eigenvalue weighted by Crippen LogP contribution is 2.39. The largest absolute Gasteiger partial charge is 0.379 e. The Bertz CT molecular complexity index is 944.